The fraction of sp³-hybridized carbons (Fsp3) is 0.200. The fourth-order valence-corrected chi connectivity index (χ4v) is 4.29. The van der Waals surface area contributed by atoms with Crippen molar-refractivity contribution in [3.05, 3.63) is 112 Å². The number of anilines is 2. The molecular weight excluding hydrogens is 480 g/mol. The zero-order valence-electron chi connectivity index (χ0n) is 21.3. The van der Waals surface area contributed by atoms with E-state index in [1.807, 2.05) is 62.4 Å². The maximum atomic E-state index is 13.2. The summed E-state index contributed by atoms with van der Waals surface area (Å²) < 4.78 is 1.40. The van der Waals surface area contributed by atoms with Gasteiger partial charge in [-0.3, -0.25) is 9.59 Å². The average molecular weight is 511 g/mol. The largest absolute Gasteiger partial charge is 0.481 e. The first-order valence-electron chi connectivity index (χ1n) is 12.4. The minimum atomic E-state index is -0.817. The van der Waals surface area contributed by atoms with E-state index >= 15 is 0 Å². The van der Waals surface area contributed by atoms with Crippen LogP contribution in [0, 0.1) is 6.92 Å². The summed E-state index contributed by atoms with van der Waals surface area (Å²) in [4.78, 5) is 36.7. The molecule has 8 heteroatoms. The number of hydrogen-bond acceptors (Lipinski definition) is 4. The van der Waals surface area contributed by atoms with Gasteiger partial charge in [-0.2, -0.15) is 5.10 Å². The molecule has 3 N–H and O–H groups in total. The van der Waals surface area contributed by atoms with Gasteiger partial charge in [0, 0.05) is 17.6 Å². The van der Waals surface area contributed by atoms with Crippen LogP contribution in [-0.4, -0.2) is 26.9 Å². The summed E-state index contributed by atoms with van der Waals surface area (Å²) in [6, 6.07) is 23.6. The van der Waals surface area contributed by atoms with E-state index in [1.165, 1.54) is 4.68 Å². The third-order valence-corrected chi connectivity index (χ3v) is 6.46. The van der Waals surface area contributed by atoms with Crippen molar-refractivity contribution in [3.63, 3.8) is 0 Å². The fourth-order valence-electron chi connectivity index (χ4n) is 4.29. The molecular formula is C30H30N4O4. The highest BCUT2D eigenvalue weighted by atomic mass is 16.4. The van der Waals surface area contributed by atoms with Gasteiger partial charge in [0.15, 0.2) is 0 Å². The first-order valence-corrected chi connectivity index (χ1v) is 12.4. The van der Waals surface area contributed by atoms with Crippen molar-refractivity contribution in [1.29, 1.82) is 0 Å². The number of hydrogen-bond donors (Lipinski definition) is 3. The average Bonchev–Trinajstić information content (AvgIpc) is 2.91. The molecule has 0 aliphatic heterocycles. The van der Waals surface area contributed by atoms with Crippen LogP contribution in [0.25, 0.3) is 11.1 Å². The number of carboxylic acid groups (broad SMARTS) is 1. The number of aromatic nitrogens is 2. The summed E-state index contributed by atoms with van der Waals surface area (Å²) in [7, 11) is 0. The van der Waals surface area contributed by atoms with E-state index in [-0.39, 0.29) is 23.9 Å². The van der Waals surface area contributed by atoms with Gasteiger partial charge in [-0.1, -0.05) is 61.5 Å². The standard InChI is InChI=1S/C30H30N4O4/c1-3-22(18-28(35)36)23-10-8-21(9-11-23)19-34-29(37)26(16-17-31-34)24-12-14-25(15-13-24)32-30(38)33-27-7-5-4-6-20(27)2/h4-17,22H,3,18-19H2,1-2H3,(H,35,36)(H2,32,33,38). The monoisotopic (exact) mass is 510 g/mol. The van der Waals surface area contributed by atoms with Gasteiger partial charge in [0.1, 0.15) is 0 Å². The van der Waals surface area contributed by atoms with Gasteiger partial charge >= 0.3 is 12.0 Å². The van der Waals surface area contributed by atoms with Crippen molar-refractivity contribution in [1.82, 2.24) is 9.78 Å². The lowest BCUT2D eigenvalue weighted by atomic mass is 9.92. The molecule has 0 spiro atoms. The number of carbonyl (C=O) groups is 2. The van der Waals surface area contributed by atoms with Gasteiger partial charge in [0.2, 0.25) is 0 Å². The maximum absolute atomic E-state index is 13.2. The summed E-state index contributed by atoms with van der Waals surface area (Å²) in [5, 5.41) is 19.0. The Bertz CT molecular complexity index is 1480. The predicted octanol–water partition coefficient (Wildman–Crippen LogP) is 5.88. The van der Waals surface area contributed by atoms with Crippen LogP contribution in [0.5, 0.6) is 0 Å². The van der Waals surface area contributed by atoms with Crippen LogP contribution in [0.2, 0.25) is 0 Å². The normalized spacial score (nSPS) is 11.5. The number of para-hydroxylation sites is 1. The van der Waals surface area contributed by atoms with E-state index in [0.29, 0.717) is 23.4 Å². The third-order valence-electron chi connectivity index (χ3n) is 6.46. The maximum Gasteiger partial charge on any atom is 0.323 e. The summed E-state index contributed by atoms with van der Waals surface area (Å²) >= 11 is 0. The summed E-state index contributed by atoms with van der Waals surface area (Å²) in [6.07, 6.45) is 2.41. The highest BCUT2D eigenvalue weighted by Crippen LogP contribution is 2.24. The molecule has 8 nitrogen and oxygen atoms in total. The molecule has 194 valence electrons. The van der Waals surface area contributed by atoms with E-state index in [9.17, 15) is 14.4 Å². The number of nitrogens with zero attached hydrogens (tertiary/aromatic N) is 2. The van der Waals surface area contributed by atoms with Gasteiger partial charge in [-0.25, -0.2) is 9.48 Å². The molecule has 0 aliphatic rings. The second kappa shape index (κ2) is 12.0. The number of aryl methyl sites for hydroxylation is 1. The Morgan fingerprint density at radius 3 is 2.32 bits per heavy atom. The summed E-state index contributed by atoms with van der Waals surface area (Å²) in [6.45, 7) is 4.19. The van der Waals surface area contributed by atoms with Crippen molar-refractivity contribution in [3.8, 4) is 11.1 Å². The Morgan fingerprint density at radius 1 is 0.947 bits per heavy atom. The molecule has 2 amide bonds. The Kier molecular flexibility index (Phi) is 8.33. The second-order valence-corrected chi connectivity index (χ2v) is 9.12. The van der Waals surface area contributed by atoms with Crippen molar-refractivity contribution < 1.29 is 14.7 Å². The van der Waals surface area contributed by atoms with Gasteiger partial charge in [-0.15, -0.1) is 0 Å². The van der Waals surface area contributed by atoms with E-state index < -0.39 is 5.97 Å². The molecule has 1 atom stereocenters. The Balaban J connectivity index is 1.44. The van der Waals surface area contributed by atoms with Crippen LogP contribution in [0.4, 0.5) is 16.2 Å². The number of nitrogens with one attached hydrogen (secondary N) is 2. The quantitative estimate of drug-likeness (QED) is 0.260. The van der Waals surface area contributed by atoms with Crippen molar-refractivity contribution in [2.24, 2.45) is 0 Å². The molecule has 1 unspecified atom stereocenters. The number of carboxylic acids is 1. The minimum Gasteiger partial charge on any atom is -0.481 e. The number of benzene rings is 3. The van der Waals surface area contributed by atoms with Gasteiger partial charge in [0.05, 0.1) is 18.5 Å². The van der Waals surface area contributed by atoms with E-state index in [1.54, 1.807) is 36.5 Å². The molecule has 3 aromatic carbocycles. The highest BCUT2D eigenvalue weighted by molar-refractivity contribution is 6.00. The van der Waals surface area contributed by atoms with Crippen LogP contribution in [-0.2, 0) is 11.3 Å². The van der Waals surface area contributed by atoms with Gasteiger partial charge in [-0.05, 0) is 65.8 Å². The molecule has 1 aromatic heterocycles. The molecule has 0 aliphatic carbocycles. The SMILES string of the molecule is CCC(CC(=O)O)c1ccc(Cn2nccc(-c3ccc(NC(=O)Nc4ccccc4C)cc3)c2=O)cc1. The Morgan fingerprint density at radius 2 is 1.66 bits per heavy atom. The van der Waals surface area contributed by atoms with Gasteiger partial charge in [0.25, 0.3) is 5.56 Å². The number of urea groups is 1. The number of rotatable bonds is 9. The predicted molar refractivity (Wildman–Crippen MR) is 149 cm³/mol. The highest BCUT2D eigenvalue weighted by Gasteiger charge is 2.14. The second-order valence-electron chi connectivity index (χ2n) is 9.12. The number of carbonyl (C=O) groups excluding carboxylic acids is 1. The summed E-state index contributed by atoms with van der Waals surface area (Å²) in [5.41, 5.74) is 5.14. The molecule has 0 radical (unpaired) electrons. The first-order chi connectivity index (χ1) is 18.3. The minimum absolute atomic E-state index is 0.0447. The van der Waals surface area contributed by atoms with Gasteiger partial charge < -0.3 is 15.7 Å². The van der Waals surface area contributed by atoms with Crippen LogP contribution in [0.15, 0.2) is 89.9 Å². The number of amides is 2. The van der Waals surface area contributed by atoms with Crippen molar-refractivity contribution >= 4 is 23.4 Å². The Hall–Kier alpha value is -4.72. The molecule has 0 saturated heterocycles. The first kappa shape index (κ1) is 26.3. The van der Waals surface area contributed by atoms with Crippen molar-refractivity contribution in [2.45, 2.75) is 39.2 Å². The van der Waals surface area contributed by atoms with Crippen LogP contribution < -0.4 is 16.2 Å². The zero-order valence-corrected chi connectivity index (χ0v) is 21.3. The molecule has 0 fully saturated rings. The molecule has 38 heavy (non-hydrogen) atoms. The molecule has 1 heterocycles. The lowest BCUT2D eigenvalue weighted by Gasteiger charge is -2.14. The summed E-state index contributed by atoms with van der Waals surface area (Å²) in [5.74, 6) is -0.862. The molecule has 4 aromatic rings. The van der Waals surface area contributed by atoms with Crippen molar-refractivity contribution in [2.75, 3.05) is 10.6 Å². The van der Waals surface area contributed by atoms with Crippen LogP contribution in [0.3, 0.4) is 0 Å². The third kappa shape index (κ3) is 6.53. The molecule has 0 saturated carbocycles. The molecule has 4 rings (SSSR count). The smallest absolute Gasteiger partial charge is 0.323 e. The lowest BCUT2D eigenvalue weighted by molar-refractivity contribution is -0.137. The van der Waals surface area contributed by atoms with E-state index in [4.69, 9.17) is 5.11 Å². The van der Waals surface area contributed by atoms with Crippen LogP contribution in [0.1, 0.15) is 42.4 Å². The van der Waals surface area contributed by atoms with E-state index in [2.05, 4.69) is 15.7 Å². The van der Waals surface area contributed by atoms with Crippen LogP contribution >= 0.6 is 0 Å². The zero-order chi connectivity index (χ0) is 27.1. The van der Waals surface area contributed by atoms with E-state index in [0.717, 1.165) is 28.8 Å². The number of aliphatic carboxylic acids is 1. The lowest BCUT2D eigenvalue weighted by Crippen LogP contribution is -2.24. The molecule has 0 bridgehead atoms. The topological polar surface area (TPSA) is 113 Å². The Labute approximate surface area is 221 Å².